The number of fused-ring (bicyclic) bond motifs is 9. The Balaban J connectivity index is 0.000000138. The number of benzene rings is 12. The van der Waals surface area contributed by atoms with Crippen LogP contribution in [0.25, 0.3) is 82.5 Å². The van der Waals surface area contributed by atoms with Crippen LogP contribution in [-0.2, 0) is 36.5 Å². The molecule has 0 bridgehead atoms. The van der Waals surface area contributed by atoms with Gasteiger partial charge >= 0.3 is 0 Å². The molecule has 6 heteroatoms. The second kappa shape index (κ2) is 30.2. The van der Waals surface area contributed by atoms with Gasteiger partial charge in [-0.05, 0) is 264 Å². The molecule has 103 heavy (non-hydrogen) atoms. The number of nitrogens with zero attached hydrogens (tertiary/aromatic N) is 6. The molecule has 15 rings (SSSR count). The number of aromatic nitrogens is 3. The molecule has 0 saturated heterocycles. The summed E-state index contributed by atoms with van der Waals surface area (Å²) >= 11 is 0. The lowest BCUT2D eigenvalue weighted by atomic mass is 9.85. The smallest absolute Gasteiger partial charge is 0.0541 e. The summed E-state index contributed by atoms with van der Waals surface area (Å²) in [5.41, 5.74) is 26.9. The molecule has 0 fully saturated rings. The van der Waals surface area contributed by atoms with Gasteiger partial charge in [-0.25, -0.2) is 0 Å². The quantitative estimate of drug-likeness (QED) is 0.0908. The first-order valence-electron chi connectivity index (χ1n) is 37.5. The third kappa shape index (κ3) is 15.2. The summed E-state index contributed by atoms with van der Waals surface area (Å²) in [6.45, 7) is 27.4. The Morgan fingerprint density at radius 1 is 0.272 bits per heavy atom. The summed E-state index contributed by atoms with van der Waals surface area (Å²) < 4.78 is 7.26. The summed E-state index contributed by atoms with van der Waals surface area (Å²) in [7, 11) is 6.36. The molecule has 0 unspecified atom stereocenters. The van der Waals surface area contributed by atoms with Crippen LogP contribution in [0, 0.1) is 11.8 Å². The van der Waals surface area contributed by atoms with Crippen LogP contribution < -0.4 is 14.7 Å². The predicted octanol–water partition coefficient (Wildman–Crippen LogP) is 26.6. The number of para-hydroxylation sites is 3. The Morgan fingerprint density at radius 3 is 0.757 bits per heavy atom. The third-order valence-corrected chi connectivity index (χ3v) is 20.6. The molecule has 6 nitrogen and oxygen atoms in total. The molecule has 522 valence electrons. The van der Waals surface area contributed by atoms with E-state index < -0.39 is 0 Å². The van der Waals surface area contributed by atoms with Crippen molar-refractivity contribution < 1.29 is 0 Å². The van der Waals surface area contributed by atoms with E-state index in [4.69, 9.17) is 0 Å². The van der Waals surface area contributed by atoms with Crippen molar-refractivity contribution in [3.63, 3.8) is 0 Å². The molecular formula is C97H104N6. The summed E-state index contributed by atoms with van der Waals surface area (Å²) in [6, 6.07) is 100. The monoisotopic (exact) mass is 1350 g/mol. The number of aryl methyl sites for hydroxylation is 2. The van der Waals surface area contributed by atoms with Gasteiger partial charge in [0.15, 0.2) is 0 Å². The van der Waals surface area contributed by atoms with Gasteiger partial charge in [0.1, 0.15) is 0 Å². The zero-order valence-corrected chi connectivity index (χ0v) is 63.6. The fraction of sp³-hybridized carbons (Fsp3) is 0.258. The van der Waals surface area contributed by atoms with Crippen LogP contribution in [0.5, 0.6) is 0 Å². The van der Waals surface area contributed by atoms with E-state index in [0.717, 1.165) is 25.7 Å². The van der Waals surface area contributed by atoms with Crippen molar-refractivity contribution in [1.82, 2.24) is 13.7 Å². The number of hydrogen-bond acceptors (Lipinski definition) is 3. The number of hydrogen-bond donors (Lipinski definition) is 0. The van der Waals surface area contributed by atoms with Gasteiger partial charge in [-0.15, -0.1) is 0 Å². The molecule has 3 aromatic heterocycles. The standard InChI is InChI=1S/2C33H36N2.C31H32N2/c1-32(2,3)23-13-19-30-28(21-23)29-22-24(33(4,5)6)14-20-31(29)35(30)27-17-15-26(16-18-27)34(7)25-11-9-8-10-12-25;1-23(2)19-25-11-17-32-30(21-25)31-22-26(20-24(3)4)12-18-33(31)35(32)29-15-13-28(14-16-29)34(5)27-9-7-6-8-10-27;1-4-9-23-13-19-30-28(21-23)29-22-24(10-5-2)14-20-31(29)33(30)27-17-15-26(16-18-27)32(3)25-11-7-6-8-12-25/h8-22H,1-7H3;6-18,21-24H,19-20H2,1-5H3;6-8,11-22H,4-5,9-10H2,1-3H3. The molecule has 0 aliphatic carbocycles. The second-order valence-corrected chi connectivity index (χ2v) is 31.3. The molecule has 3 heterocycles. The minimum absolute atomic E-state index is 0.105. The van der Waals surface area contributed by atoms with E-state index in [1.807, 2.05) is 0 Å². The number of rotatable bonds is 17. The van der Waals surface area contributed by atoms with Crippen LogP contribution in [0.15, 0.2) is 273 Å². The van der Waals surface area contributed by atoms with Crippen molar-refractivity contribution in [2.75, 3.05) is 35.8 Å². The van der Waals surface area contributed by atoms with Gasteiger partial charge in [0, 0.05) is 105 Å². The van der Waals surface area contributed by atoms with Crippen molar-refractivity contribution in [2.24, 2.45) is 11.8 Å². The van der Waals surface area contributed by atoms with Crippen LogP contribution in [0.4, 0.5) is 34.1 Å². The van der Waals surface area contributed by atoms with Gasteiger partial charge in [0.05, 0.1) is 33.1 Å². The summed E-state index contributed by atoms with van der Waals surface area (Å²) in [5.74, 6) is 1.29. The summed E-state index contributed by atoms with van der Waals surface area (Å²) in [5, 5.41) is 8.08. The molecule has 0 atom stereocenters. The average molecular weight is 1350 g/mol. The fourth-order valence-corrected chi connectivity index (χ4v) is 15.0. The highest BCUT2D eigenvalue weighted by Gasteiger charge is 2.23. The van der Waals surface area contributed by atoms with Gasteiger partial charge in [-0.3, -0.25) is 0 Å². The van der Waals surface area contributed by atoms with E-state index in [0.29, 0.717) is 11.8 Å². The van der Waals surface area contributed by atoms with E-state index in [1.54, 1.807) is 0 Å². The first-order valence-corrected chi connectivity index (χ1v) is 37.5. The van der Waals surface area contributed by atoms with Gasteiger partial charge in [-0.2, -0.15) is 0 Å². The molecular weight excluding hydrogens is 1250 g/mol. The SMILES string of the molecule is CC(C)Cc1ccc2c(c1)c1cc(CC(C)C)ccc1n2-c1ccc(N(C)c2ccccc2)cc1.CCCc1ccc2c(c1)c1cc(CCC)ccc1n2-c1ccc(N(C)c2ccccc2)cc1.CN(c1ccccc1)c1ccc(-n2c3ccc(C(C)(C)C)cc3c3cc(C(C)(C)C)ccc32)cc1. The molecule has 0 N–H and O–H groups in total. The van der Waals surface area contributed by atoms with Gasteiger partial charge in [-0.1, -0.05) is 187 Å². The van der Waals surface area contributed by atoms with E-state index in [1.165, 1.54) is 163 Å². The molecule has 15 aromatic rings. The molecule has 0 amide bonds. The van der Waals surface area contributed by atoms with Crippen LogP contribution >= 0.6 is 0 Å². The van der Waals surface area contributed by atoms with Crippen LogP contribution in [-0.4, -0.2) is 34.8 Å². The lowest BCUT2D eigenvalue weighted by Gasteiger charge is -2.20. The van der Waals surface area contributed by atoms with Crippen LogP contribution in [0.1, 0.15) is 129 Å². The summed E-state index contributed by atoms with van der Waals surface area (Å²) in [6.07, 6.45) is 6.79. The lowest BCUT2D eigenvalue weighted by Crippen LogP contribution is -2.10. The van der Waals surface area contributed by atoms with E-state index in [2.05, 4.69) is 406 Å². The van der Waals surface area contributed by atoms with E-state index >= 15 is 0 Å². The van der Waals surface area contributed by atoms with Crippen molar-refractivity contribution in [1.29, 1.82) is 0 Å². The van der Waals surface area contributed by atoms with Crippen molar-refractivity contribution in [2.45, 2.75) is 132 Å². The zero-order chi connectivity index (χ0) is 72.3. The van der Waals surface area contributed by atoms with Crippen LogP contribution in [0.3, 0.4) is 0 Å². The first kappa shape index (κ1) is 70.9. The van der Waals surface area contributed by atoms with Crippen molar-refractivity contribution in [3.8, 4) is 17.1 Å². The predicted molar refractivity (Wildman–Crippen MR) is 448 cm³/mol. The largest absolute Gasteiger partial charge is 0.345 e. The molecule has 0 spiro atoms. The van der Waals surface area contributed by atoms with Crippen LogP contribution in [0.2, 0.25) is 0 Å². The minimum Gasteiger partial charge on any atom is -0.345 e. The fourth-order valence-electron chi connectivity index (χ4n) is 15.0. The highest BCUT2D eigenvalue weighted by molar-refractivity contribution is 6.12. The zero-order valence-electron chi connectivity index (χ0n) is 63.6. The Bertz CT molecular complexity index is 5190. The van der Waals surface area contributed by atoms with E-state index in [9.17, 15) is 0 Å². The molecule has 12 aromatic carbocycles. The Kier molecular flexibility index (Phi) is 20.8. The molecule has 0 aliphatic rings. The van der Waals surface area contributed by atoms with Gasteiger partial charge < -0.3 is 28.4 Å². The second-order valence-electron chi connectivity index (χ2n) is 31.3. The molecule has 0 aliphatic heterocycles. The van der Waals surface area contributed by atoms with Gasteiger partial charge in [0.25, 0.3) is 0 Å². The van der Waals surface area contributed by atoms with E-state index in [-0.39, 0.29) is 10.8 Å². The highest BCUT2D eigenvalue weighted by atomic mass is 15.1. The van der Waals surface area contributed by atoms with Crippen molar-refractivity contribution >= 4 is 99.5 Å². The molecule has 0 saturated carbocycles. The lowest BCUT2D eigenvalue weighted by molar-refractivity contribution is 0.590. The Hall–Kier alpha value is -10.6. The maximum Gasteiger partial charge on any atom is 0.0541 e. The van der Waals surface area contributed by atoms with Crippen molar-refractivity contribution in [3.05, 3.63) is 306 Å². The highest BCUT2D eigenvalue weighted by Crippen LogP contribution is 2.41. The minimum atomic E-state index is 0.105. The Morgan fingerprint density at radius 2 is 0.505 bits per heavy atom. The molecule has 0 radical (unpaired) electrons. The average Bonchev–Trinajstić information content (AvgIpc) is 1.60. The third-order valence-electron chi connectivity index (χ3n) is 20.6. The normalized spacial score (nSPS) is 11.9. The maximum absolute atomic E-state index is 2.43. The Labute approximate surface area is 613 Å². The van der Waals surface area contributed by atoms with Gasteiger partial charge in [0.2, 0.25) is 0 Å². The number of anilines is 6. The summed E-state index contributed by atoms with van der Waals surface area (Å²) in [4.78, 5) is 6.68. The first-order chi connectivity index (χ1) is 49.6. The maximum atomic E-state index is 2.43. The topological polar surface area (TPSA) is 24.5 Å².